The Bertz CT molecular complexity index is 274. The van der Waals surface area contributed by atoms with Crippen LogP contribution in [0, 0.1) is 0 Å². The fraction of sp³-hybridized carbons (Fsp3) is 0.364. The molecule has 4 heteroatoms. The van der Waals surface area contributed by atoms with E-state index >= 15 is 0 Å². The molecule has 0 radical (unpaired) electrons. The van der Waals surface area contributed by atoms with Gasteiger partial charge in [-0.05, 0) is 24.2 Å². The van der Waals surface area contributed by atoms with Crippen LogP contribution in [-0.4, -0.2) is 25.0 Å². The van der Waals surface area contributed by atoms with E-state index in [-0.39, 0.29) is 5.92 Å². The highest BCUT2D eigenvalue weighted by atomic mass is 35.5. The molecule has 0 amide bonds. The van der Waals surface area contributed by atoms with E-state index in [9.17, 15) is 4.79 Å². The van der Waals surface area contributed by atoms with Crippen LogP contribution in [0.1, 0.15) is 17.9 Å². The second kappa shape index (κ2) is 8.41. The molecule has 3 nitrogen and oxygen atoms in total. The van der Waals surface area contributed by atoms with E-state index in [1.165, 1.54) is 0 Å². The van der Waals surface area contributed by atoms with Gasteiger partial charge >= 0.3 is 0 Å². The van der Waals surface area contributed by atoms with Crippen molar-refractivity contribution in [3.63, 3.8) is 0 Å². The zero-order chi connectivity index (χ0) is 11.7. The van der Waals surface area contributed by atoms with E-state index in [0.29, 0.717) is 18.0 Å². The lowest BCUT2D eigenvalue weighted by atomic mass is 9.97. The van der Waals surface area contributed by atoms with Crippen LogP contribution in [0.25, 0.3) is 0 Å². The minimum Gasteiger partial charge on any atom is -0.400 e. The van der Waals surface area contributed by atoms with Crippen molar-refractivity contribution in [1.29, 1.82) is 0 Å². The third-order valence-corrected chi connectivity index (χ3v) is 2.26. The topological polar surface area (TPSA) is 63.3 Å². The molecule has 0 spiro atoms. The van der Waals surface area contributed by atoms with Crippen LogP contribution in [0.4, 0.5) is 0 Å². The average Bonchev–Trinajstić information content (AvgIpc) is 2.30. The third-order valence-electron chi connectivity index (χ3n) is 2.01. The largest absolute Gasteiger partial charge is 0.400 e. The van der Waals surface area contributed by atoms with Gasteiger partial charge in [0.25, 0.3) is 0 Å². The predicted octanol–water partition coefficient (Wildman–Crippen LogP) is 1.58. The highest BCUT2D eigenvalue weighted by Gasteiger charge is 2.07. The van der Waals surface area contributed by atoms with Crippen LogP contribution in [0.15, 0.2) is 24.3 Å². The Balaban J connectivity index is 0.000000921. The predicted molar refractivity (Wildman–Crippen MR) is 62.1 cm³/mol. The van der Waals surface area contributed by atoms with Gasteiger partial charge in [0.2, 0.25) is 0 Å². The number of halogens is 1. The zero-order valence-electron chi connectivity index (χ0n) is 8.69. The normalized spacial score (nSPS) is 11.2. The van der Waals surface area contributed by atoms with E-state index in [0.717, 1.165) is 19.0 Å². The first kappa shape index (κ1) is 14.1. The number of nitrogens with two attached hydrogens (primary N) is 1. The van der Waals surface area contributed by atoms with E-state index < -0.39 is 0 Å². The quantitative estimate of drug-likeness (QED) is 0.771. The first-order valence-corrected chi connectivity index (χ1v) is 4.99. The molecule has 0 aliphatic rings. The first-order chi connectivity index (χ1) is 7.27. The van der Waals surface area contributed by atoms with Gasteiger partial charge in [-0.15, -0.1) is 0 Å². The van der Waals surface area contributed by atoms with Crippen LogP contribution in [0.2, 0.25) is 5.02 Å². The molecule has 84 valence electrons. The van der Waals surface area contributed by atoms with Gasteiger partial charge in [0.1, 0.15) is 6.29 Å². The Hall–Kier alpha value is -0.900. The molecule has 1 rings (SSSR count). The molecule has 15 heavy (non-hydrogen) atoms. The molecule has 0 aromatic heterocycles. The molecule has 0 heterocycles. The molecule has 0 aliphatic carbocycles. The molecular formula is C11H16ClNO2. The molecule has 1 aromatic carbocycles. The second-order valence-corrected chi connectivity index (χ2v) is 3.32. The Morgan fingerprint density at radius 1 is 1.40 bits per heavy atom. The van der Waals surface area contributed by atoms with E-state index in [1.807, 2.05) is 24.3 Å². The number of benzene rings is 1. The summed E-state index contributed by atoms with van der Waals surface area (Å²) in [4.78, 5) is 10.3. The Morgan fingerprint density at radius 3 is 2.33 bits per heavy atom. The summed E-state index contributed by atoms with van der Waals surface area (Å²) in [5, 5.41) is 7.70. The standard InChI is InChI=1S/C10H12ClNO.CH4O/c11-10-3-1-8(2-4-10)9(7-12)5-6-13;1-2/h1-4,6,9H,5,7,12H2;2H,1H3. The Morgan fingerprint density at radius 2 is 1.93 bits per heavy atom. The molecule has 1 unspecified atom stereocenters. The summed E-state index contributed by atoms with van der Waals surface area (Å²) in [6.07, 6.45) is 1.37. The minimum absolute atomic E-state index is 0.120. The summed E-state index contributed by atoms with van der Waals surface area (Å²) in [5.41, 5.74) is 6.61. The highest BCUT2D eigenvalue weighted by Crippen LogP contribution is 2.19. The summed E-state index contributed by atoms with van der Waals surface area (Å²) in [6.45, 7) is 0.486. The fourth-order valence-electron chi connectivity index (χ4n) is 1.22. The lowest BCUT2D eigenvalue weighted by Gasteiger charge is -2.11. The second-order valence-electron chi connectivity index (χ2n) is 2.89. The molecule has 0 fully saturated rings. The number of hydrogen-bond acceptors (Lipinski definition) is 3. The van der Waals surface area contributed by atoms with Gasteiger partial charge in [0.05, 0.1) is 0 Å². The smallest absolute Gasteiger partial charge is 0.120 e. The van der Waals surface area contributed by atoms with Gasteiger partial charge in [-0.2, -0.15) is 0 Å². The van der Waals surface area contributed by atoms with Gasteiger partial charge in [0, 0.05) is 24.5 Å². The molecule has 0 saturated heterocycles. The lowest BCUT2D eigenvalue weighted by molar-refractivity contribution is -0.108. The summed E-state index contributed by atoms with van der Waals surface area (Å²) in [6, 6.07) is 7.43. The van der Waals surface area contributed by atoms with Crippen molar-refractivity contribution in [2.24, 2.45) is 5.73 Å². The van der Waals surface area contributed by atoms with Crippen molar-refractivity contribution in [3.8, 4) is 0 Å². The van der Waals surface area contributed by atoms with Crippen molar-refractivity contribution in [2.45, 2.75) is 12.3 Å². The summed E-state index contributed by atoms with van der Waals surface area (Å²) < 4.78 is 0. The number of aldehydes is 1. The van der Waals surface area contributed by atoms with Gasteiger partial charge in [-0.1, -0.05) is 23.7 Å². The maximum Gasteiger partial charge on any atom is 0.120 e. The SMILES string of the molecule is CO.NCC(CC=O)c1ccc(Cl)cc1. The van der Waals surface area contributed by atoms with Crippen molar-refractivity contribution in [3.05, 3.63) is 34.9 Å². The third kappa shape index (κ3) is 4.93. The molecular weight excluding hydrogens is 214 g/mol. The van der Waals surface area contributed by atoms with Crippen molar-refractivity contribution < 1.29 is 9.90 Å². The van der Waals surface area contributed by atoms with Gasteiger partial charge in [-0.3, -0.25) is 0 Å². The first-order valence-electron chi connectivity index (χ1n) is 4.61. The number of aliphatic hydroxyl groups is 1. The van der Waals surface area contributed by atoms with Gasteiger partial charge in [0.15, 0.2) is 0 Å². The number of rotatable bonds is 4. The number of carbonyl (C=O) groups is 1. The zero-order valence-corrected chi connectivity index (χ0v) is 9.45. The average molecular weight is 230 g/mol. The van der Waals surface area contributed by atoms with E-state index in [4.69, 9.17) is 22.4 Å². The summed E-state index contributed by atoms with van der Waals surface area (Å²) in [7, 11) is 1.00. The number of hydrogen-bond donors (Lipinski definition) is 2. The minimum atomic E-state index is 0.120. The van der Waals surface area contributed by atoms with Crippen LogP contribution < -0.4 is 5.73 Å². The molecule has 1 aromatic rings. The molecule has 1 atom stereocenters. The maximum absolute atomic E-state index is 10.3. The van der Waals surface area contributed by atoms with Crippen LogP contribution >= 0.6 is 11.6 Å². The Kier molecular flexibility index (Phi) is 7.91. The van der Waals surface area contributed by atoms with Gasteiger partial charge < -0.3 is 15.6 Å². The number of aliphatic hydroxyl groups excluding tert-OH is 1. The van der Waals surface area contributed by atoms with Gasteiger partial charge in [-0.25, -0.2) is 0 Å². The van der Waals surface area contributed by atoms with Crippen LogP contribution in [-0.2, 0) is 4.79 Å². The van der Waals surface area contributed by atoms with Crippen molar-refractivity contribution in [1.82, 2.24) is 0 Å². The molecule has 3 N–H and O–H groups in total. The van der Waals surface area contributed by atoms with Crippen LogP contribution in [0.5, 0.6) is 0 Å². The molecule has 0 saturated carbocycles. The lowest BCUT2D eigenvalue weighted by Crippen LogP contribution is -2.12. The molecule has 0 aliphatic heterocycles. The molecule has 0 bridgehead atoms. The highest BCUT2D eigenvalue weighted by molar-refractivity contribution is 6.30. The van der Waals surface area contributed by atoms with E-state index in [1.54, 1.807) is 0 Å². The summed E-state index contributed by atoms with van der Waals surface area (Å²) >= 11 is 5.74. The maximum atomic E-state index is 10.3. The fourth-order valence-corrected chi connectivity index (χ4v) is 1.35. The monoisotopic (exact) mass is 229 g/mol. The number of carbonyl (C=O) groups excluding carboxylic acids is 1. The van der Waals surface area contributed by atoms with Crippen molar-refractivity contribution >= 4 is 17.9 Å². The van der Waals surface area contributed by atoms with Crippen LogP contribution in [0.3, 0.4) is 0 Å². The summed E-state index contributed by atoms with van der Waals surface area (Å²) in [5.74, 6) is 0.120. The van der Waals surface area contributed by atoms with Crippen molar-refractivity contribution in [2.75, 3.05) is 13.7 Å². The van der Waals surface area contributed by atoms with E-state index in [2.05, 4.69) is 0 Å². The Labute approximate surface area is 94.9 Å².